The van der Waals surface area contributed by atoms with E-state index in [1.165, 1.54) is 16.7 Å². The van der Waals surface area contributed by atoms with E-state index in [4.69, 9.17) is 0 Å². The molecule has 0 amide bonds. The molecule has 0 saturated carbocycles. The van der Waals surface area contributed by atoms with E-state index >= 15 is 0 Å². The fourth-order valence-corrected chi connectivity index (χ4v) is 3.71. The SMILES string of the molecule is Cc1ccc(Cc2cc(C)c(Cn3cncc3C(O)c3cccc(C)c3)cn2)cc1. The van der Waals surface area contributed by atoms with E-state index < -0.39 is 6.10 Å². The van der Waals surface area contributed by atoms with Crippen molar-refractivity contribution in [1.29, 1.82) is 0 Å². The molecule has 30 heavy (non-hydrogen) atoms. The standard InChI is InChI=1S/C26H27N3O/c1-18-7-9-21(10-8-18)13-24-12-20(3)23(14-28-24)16-29-17-27-15-25(29)26(30)22-6-4-5-19(2)11-22/h4-12,14-15,17,26,30H,13,16H2,1-3H3. The number of hydrogen-bond acceptors (Lipinski definition) is 3. The highest BCUT2D eigenvalue weighted by Crippen LogP contribution is 2.24. The van der Waals surface area contributed by atoms with Crippen LogP contribution in [0, 0.1) is 20.8 Å². The largest absolute Gasteiger partial charge is 0.382 e. The molecule has 152 valence electrons. The van der Waals surface area contributed by atoms with Gasteiger partial charge < -0.3 is 9.67 Å². The van der Waals surface area contributed by atoms with Crippen molar-refractivity contribution in [1.82, 2.24) is 14.5 Å². The number of rotatable bonds is 6. The van der Waals surface area contributed by atoms with Gasteiger partial charge in [-0.05, 0) is 49.1 Å². The first-order valence-electron chi connectivity index (χ1n) is 10.2. The van der Waals surface area contributed by atoms with Crippen LogP contribution in [0.1, 0.15) is 50.9 Å². The predicted octanol–water partition coefficient (Wildman–Crippen LogP) is 4.92. The zero-order valence-electron chi connectivity index (χ0n) is 17.7. The average molecular weight is 398 g/mol. The summed E-state index contributed by atoms with van der Waals surface area (Å²) in [4.78, 5) is 8.97. The summed E-state index contributed by atoms with van der Waals surface area (Å²) < 4.78 is 2.00. The van der Waals surface area contributed by atoms with Crippen LogP contribution in [0.5, 0.6) is 0 Å². The number of hydrogen-bond donors (Lipinski definition) is 1. The summed E-state index contributed by atoms with van der Waals surface area (Å²) in [6, 6.07) is 18.7. The Balaban J connectivity index is 1.52. The Morgan fingerprint density at radius 1 is 0.933 bits per heavy atom. The van der Waals surface area contributed by atoms with E-state index in [2.05, 4.69) is 54.1 Å². The number of aromatic nitrogens is 3. The summed E-state index contributed by atoms with van der Waals surface area (Å²) in [6.07, 6.45) is 5.57. The van der Waals surface area contributed by atoms with Crippen molar-refractivity contribution in [3.63, 3.8) is 0 Å². The van der Waals surface area contributed by atoms with Crippen molar-refractivity contribution in [2.75, 3.05) is 0 Å². The fourth-order valence-electron chi connectivity index (χ4n) is 3.71. The highest BCUT2D eigenvalue weighted by atomic mass is 16.3. The first kappa shape index (κ1) is 20.0. The van der Waals surface area contributed by atoms with Crippen molar-refractivity contribution in [3.05, 3.63) is 118 Å². The molecule has 4 heteroatoms. The average Bonchev–Trinajstić information content (AvgIpc) is 3.19. The zero-order valence-corrected chi connectivity index (χ0v) is 17.7. The van der Waals surface area contributed by atoms with E-state index in [0.29, 0.717) is 6.54 Å². The quantitative estimate of drug-likeness (QED) is 0.502. The lowest BCUT2D eigenvalue weighted by atomic mass is 10.0. The van der Waals surface area contributed by atoms with Gasteiger partial charge in [-0.2, -0.15) is 0 Å². The molecule has 2 aromatic heterocycles. The number of nitrogens with zero attached hydrogens (tertiary/aromatic N) is 3. The molecule has 2 aromatic carbocycles. The van der Waals surface area contributed by atoms with Gasteiger partial charge in [-0.15, -0.1) is 0 Å². The summed E-state index contributed by atoms with van der Waals surface area (Å²) in [5.41, 5.74) is 8.69. The third kappa shape index (κ3) is 4.50. The second-order valence-electron chi connectivity index (χ2n) is 8.03. The van der Waals surface area contributed by atoms with E-state index in [1.54, 1.807) is 12.5 Å². The summed E-state index contributed by atoms with van der Waals surface area (Å²) in [7, 11) is 0. The van der Waals surface area contributed by atoms with Crippen molar-refractivity contribution < 1.29 is 5.11 Å². The highest BCUT2D eigenvalue weighted by Gasteiger charge is 2.16. The Bertz CT molecular complexity index is 1150. The van der Waals surface area contributed by atoms with Crippen LogP contribution in [0.3, 0.4) is 0 Å². The second kappa shape index (κ2) is 8.64. The first-order chi connectivity index (χ1) is 14.5. The van der Waals surface area contributed by atoms with Crippen LogP contribution in [-0.4, -0.2) is 19.6 Å². The minimum atomic E-state index is -0.707. The molecule has 4 nitrogen and oxygen atoms in total. The van der Waals surface area contributed by atoms with Gasteiger partial charge in [-0.25, -0.2) is 4.98 Å². The third-order valence-electron chi connectivity index (χ3n) is 5.50. The maximum atomic E-state index is 10.9. The molecule has 1 atom stereocenters. The molecule has 0 radical (unpaired) electrons. The van der Waals surface area contributed by atoms with Crippen LogP contribution in [0.25, 0.3) is 0 Å². The van der Waals surface area contributed by atoms with Crippen molar-refractivity contribution >= 4 is 0 Å². The van der Waals surface area contributed by atoms with Crippen LogP contribution >= 0.6 is 0 Å². The van der Waals surface area contributed by atoms with Gasteiger partial charge in [-0.3, -0.25) is 4.98 Å². The Hall–Kier alpha value is -3.24. The number of aryl methyl sites for hydroxylation is 3. The predicted molar refractivity (Wildman–Crippen MR) is 120 cm³/mol. The maximum Gasteiger partial charge on any atom is 0.121 e. The monoisotopic (exact) mass is 397 g/mol. The molecule has 1 N–H and O–H groups in total. The molecule has 2 heterocycles. The number of imidazole rings is 1. The van der Waals surface area contributed by atoms with Crippen molar-refractivity contribution in [2.45, 2.75) is 39.8 Å². The summed E-state index contributed by atoms with van der Waals surface area (Å²) in [5, 5.41) is 10.9. The fraction of sp³-hybridized carbons (Fsp3) is 0.231. The van der Waals surface area contributed by atoms with Gasteiger partial charge >= 0.3 is 0 Å². The summed E-state index contributed by atoms with van der Waals surface area (Å²) >= 11 is 0. The molecule has 1 unspecified atom stereocenters. The Morgan fingerprint density at radius 2 is 1.73 bits per heavy atom. The van der Waals surface area contributed by atoms with E-state index in [-0.39, 0.29) is 0 Å². The van der Waals surface area contributed by atoms with E-state index in [1.807, 2.05) is 42.0 Å². The number of aliphatic hydroxyl groups is 1. The van der Waals surface area contributed by atoms with Crippen LogP contribution in [0.15, 0.2) is 73.3 Å². The molecular formula is C26H27N3O. The minimum absolute atomic E-state index is 0.627. The molecule has 0 spiro atoms. The highest BCUT2D eigenvalue weighted by molar-refractivity contribution is 5.32. The smallest absolute Gasteiger partial charge is 0.121 e. The van der Waals surface area contributed by atoms with Crippen LogP contribution in [-0.2, 0) is 13.0 Å². The molecule has 0 aliphatic carbocycles. The Labute approximate surface area is 177 Å². The number of aliphatic hydroxyl groups excluding tert-OH is 1. The van der Waals surface area contributed by atoms with Crippen molar-refractivity contribution in [3.8, 4) is 0 Å². The lowest BCUT2D eigenvalue weighted by Gasteiger charge is -2.16. The Morgan fingerprint density at radius 3 is 2.47 bits per heavy atom. The second-order valence-corrected chi connectivity index (χ2v) is 8.03. The lowest BCUT2D eigenvalue weighted by molar-refractivity contribution is 0.210. The van der Waals surface area contributed by atoms with Gasteiger partial charge in [0.2, 0.25) is 0 Å². The first-order valence-corrected chi connectivity index (χ1v) is 10.2. The van der Waals surface area contributed by atoms with E-state index in [9.17, 15) is 5.11 Å². The molecule has 0 aliphatic heterocycles. The van der Waals surface area contributed by atoms with Crippen molar-refractivity contribution in [2.24, 2.45) is 0 Å². The normalized spacial score (nSPS) is 12.1. The number of pyridine rings is 1. The molecule has 0 fully saturated rings. The van der Waals surface area contributed by atoms with Crippen LogP contribution in [0.2, 0.25) is 0 Å². The number of benzene rings is 2. The van der Waals surface area contributed by atoms with E-state index in [0.717, 1.165) is 34.5 Å². The maximum absolute atomic E-state index is 10.9. The van der Waals surface area contributed by atoms with Gasteiger partial charge in [0.05, 0.1) is 24.8 Å². The third-order valence-corrected chi connectivity index (χ3v) is 5.50. The summed E-state index contributed by atoms with van der Waals surface area (Å²) in [6.45, 7) is 6.87. The van der Waals surface area contributed by atoms with Gasteiger partial charge in [-0.1, -0.05) is 59.7 Å². The topological polar surface area (TPSA) is 50.9 Å². The molecule has 0 saturated heterocycles. The Kier molecular flexibility index (Phi) is 5.77. The summed E-state index contributed by atoms with van der Waals surface area (Å²) in [5.74, 6) is 0. The van der Waals surface area contributed by atoms with Gasteiger partial charge in [0, 0.05) is 18.3 Å². The van der Waals surface area contributed by atoms with Gasteiger partial charge in [0.15, 0.2) is 0 Å². The van der Waals surface area contributed by atoms with Gasteiger partial charge in [0.25, 0.3) is 0 Å². The molecule has 4 aromatic rings. The molecular weight excluding hydrogens is 370 g/mol. The lowest BCUT2D eigenvalue weighted by Crippen LogP contribution is -2.10. The van der Waals surface area contributed by atoms with Gasteiger partial charge in [0.1, 0.15) is 6.10 Å². The zero-order chi connectivity index (χ0) is 21.1. The molecule has 4 rings (SSSR count). The van der Waals surface area contributed by atoms with Crippen LogP contribution < -0.4 is 0 Å². The minimum Gasteiger partial charge on any atom is -0.382 e. The molecule has 0 bridgehead atoms. The molecule has 0 aliphatic rings. The van der Waals surface area contributed by atoms with Crippen LogP contribution in [0.4, 0.5) is 0 Å².